The molecule has 0 aromatic carbocycles. The Morgan fingerprint density at radius 2 is 2.08 bits per heavy atom. The third kappa shape index (κ3) is 8.39. The standard InChI is InChI=1S/C7H14F3NOS/c1-13-3-2-6(4-12)11-5-7(8,9)10/h6,11-12H,2-5H2,1H3. The topological polar surface area (TPSA) is 32.3 Å². The Morgan fingerprint density at radius 3 is 2.46 bits per heavy atom. The van der Waals surface area contributed by atoms with Crippen molar-refractivity contribution in [3.8, 4) is 0 Å². The van der Waals surface area contributed by atoms with Gasteiger partial charge in [-0.2, -0.15) is 24.9 Å². The number of halogens is 3. The highest BCUT2D eigenvalue weighted by Gasteiger charge is 2.27. The Labute approximate surface area is 79.9 Å². The van der Waals surface area contributed by atoms with Gasteiger partial charge in [0.25, 0.3) is 0 Å². The van der Waals surface area contributed by atoms with Gasteiger partial charge >= 0.3 is 6.18 Å². The van der Waals surface area contributed by atoms with Gasteiger partial charge in [0, 0.05) is 6.04 Å². The SMILES string of the molecule is CSCCC(CO)NCC(F)(F)F. The zero-order chi connectivity index (χ0) is 10.3. The molecular weight excluding hydrogens is 203 g/mol. The molecule has 0 aliphatic rings. The van der Waals surface area contributed by atoms with Gasteiger partial charge in [0.15, 0.2) is 0 Å². The summed E-state index contributed by atoms with van der Waals surface area (Å²) >= 11 is 1.55. The predicted octanol–water partition coefficient (Wildman–Crippen LogP) is 1.25. The molecule has 0 amide bonds. The van der Waals surface area contributed by atoms with Crippen molar-refractivity contribution < 1.29 is 18.3 Å². The predicted molar refractivity (Wildman–Crippen MR) is 47.9 cm³/mol. The molecule has 0 spiro atoms. The first-order valence-electron chi connectivity index (χ1n) is 3.89. The van der Waals surface area contributed by atoms with Gasteiger partial charge < -0.3 is 10.4 Å². The van der Waals surface area contributed by atoms with Gasteiger partial charge in [-0.05, 0) is 18.4 Å². The zero-order valence-electron chi connectivity index (χ0n) is 7.40. The molecule has 2 N–H and O–H groups in total. The minimum absolute atomic E-state index is 0.253. The van der Waals surface area contributed by atoms with E-state index in [9.17, 15) is 13.2 Å². The van der Waals surface area contributed by atoms with E-state index in [2.05, 4.69) is 5.32 Å². The summed E-state index contributed by atoms with van der Waals surface area (Å²) in [5.74, 6) is 0.746. The lowest BCUT2D eigenvalue weighted by atomic mass is 10.2. The molecule has 0 radical (unpaired) electrons. The highest BCUT2D eigenvalue weighted by Crippen LogP contribution is 2.13. The van der Waals surface area contributed by atoms with Gasteiger partial charge in [0.1, 0.15) is 0 Å². The van der Waals surface area contributed by atoms with Crippen molar-refractivity contribution in [2.24, 2.45) is 0 Å². The molecule has 0 aliphatic heterocycles. The van der Waals surface area contributed by atoms with E-state index in [1.165, 1.54) is 0 Å². The number of alkyl halides is 3. The first kappa shape index (κ1) is 13.1. The molecule has 0 heterocycles. The fraction of sp³-hybridized carbons (Fsp3) is 1.00. The maximum absolute atomic E-state index is 11.7. The first-order valence-corrected chi connectivity index (χ1v) is 5.29. The van der Waals surface area contributed by atoms with E-state index in [-0.39, 0.29) is 6.61 Å². The van der Waals surface area contributed by atoms with E-state index in [1.807, 2.05) is 6.26 Å². The van der Waals surface area contributed by atoms with Crippen molar-refractivity contribution in [2.75, 3.05) is 25.2 Å². The Morgan fingerprint density at radius 1 is 1.46 bits per heavy atom. The Hall–Kier alpha value is 0.0600. The summed E-state index contributed by atoms with van der Waals surface area (Å²) in [6.45, 7) is -1.29. The average Bonchev–Trinajstić information content (AvgIpc) is 2.03. The maximum Gasteiger partial charge on any atom is 0.401 e. The smallest absolute Gasteiger partial charge is 0.395 e. The van der Waals surface area contributed by atoms with Crippen LogP contribution in [0.4, 0.5) is 13.2 Å². The molecule has 0 bridgehead atoms. The number of aliphatic hydroxyl groups is 1. The third-order valence-corrected chi connectivity index (χ3v) is 2.13. The van der Waals surface area contributed by atoms with Crippen molar-refractivity contribution in [1.82, 2.24) is 5.32 Å². The molecule has 0 aromatic rings. The molecule has 6 heteroatoms. The number of hydrogen-bond donors (Lipinski definition) is 2. The van der Waals surface area contributed by atoms with Crippen LogP contribution in [-0.4, -0.2) is 42.5 Å². The molecule has 0 saturated carbocycles. The van der Waals surface area contributed by atoms with Crippen molar-refractivity contribution in [3.63, 3.8) is 0 Å². The highest BCUT2D eigenvalue weighted by molar-refractivity contribution is 7.98. The summed E-state index contributed by atoms with van der Waals surface area (Å²) in [5, 5.41) is 11.0. The van der Waals surface area contributed by atoms with E-state index >= 15 is 0 Å². The molecule has 0 rings (SSSR count). The van der Waals surface area contributed by atoms with Crippen LogP contribution in [0.25, 0.3) is 0 Å². The van der Waals surface area contributed by atoms with E-state index in [1.54, 1.807) is 11.8 Å². The molecular formula is C7H14F3NOS. The fourth-order valence-electron chi connectivity index (χ4n) is 0.778. The molecule has 0 aliphatic carbocycles. The number of hydrogen-bond acceptors (Lipinski definition) is 3. The van der Waals surface area contributed by atoms with Crippen LogP contribution in [0.5, 0.6) is 0 Å². The Bertz CT molecular complexity index is 131. The largest absolute Gasteiger partial charge is 0.401 e. The fourth-order valence-corrected chi connectivity index (χ4v) is 1.30. The summed E-state index contributed by atoms with van der Waals surface area (Å²) < 4.78 is 35.2. The van der Waals surface area contributed by atoms with Gasteiger partial charge in [-0.1, -0.05) is 0 Å². The summed E-state index contributed by atoms with van der Waals surface area (Å²) in [6, 6.07) is -0.450. The van der Waals surface area contributed by atoms with Crippen LogP contribution in [0, 0.1) is 0 Å². The second kappa shape index (κ2) is 6.50. The van der Waals surface area contributed by atoms with Crippen LogP contribution in [0.2, 0.25) is 0 Å². The lowest BCUT2D eigenvalue weighted by molar-refractivity contribution is -0.126. The molecule has 80 valence electrons. The molecule has 2 nitrogen and oxygen atoms in total. The Balaban J connectivity index is 3.59. The minimum Gasteiger partial charge on any atom is -0.395 e. The summed E-state index contributed by atoms with van der Waals surface area (Å²) in [6.07, 6.45) is -1.78. The van der Waals surface area contributed by atoms with Gasteiger partial charge in [-0.25, -0.2) is 0 Å². The molecule has 13 heavy (non-hydrogen) atoms. The van der Waals surface area contributed by atoms with E-state index in [0.717, 1.165) is 5.75 Å². The quantitative estimate of drug-likeness (QED) is 0.702. The number of aliphatic hydroxyl groups excluding tert-OH is 1. The number of rotatable bonds is 6. The van der Waals surface area contributed by atoms with Crippen molar-refractivity contribution in [1.29, 1.82) is 0 Å². The van der Waals surface area contributed by atoms with Gasteiger partial charge in [-0.3, -0.25) is 0 Å². The maximum atomic E-state index is 11.7. The average molecular weight is 217 g/mol. The van der Waals surface area contributed by atoms with Crippen molar-refractivity contribution in [3.05, 3.63) is 0 Å². The van der Waals surface area contributed by atoms with Crippen LogP contribution in [0.3, 0.4) is 0 Å². The van der Waals surface area contributed by atoms with Crippen LogP contribution >= 0.6 is 11.8 Å². The monoisotopic (exact) mass is 217 g/mol. The molecule has 0 aromatic heterocycles. The molecule has 1 atom stereocenters. The lowest BCUT2D eigenvalue weighted by Gasteiger charge is -2.16. The van der Waals surface area contributed by atoms with Crippen molar-refractivity contribution >= 4 is 11.8 Å². The Kier molecular flexibility index (Phi) is 6.53. The highest BCUT2D eigenvalue weighted by atomic mass is 32.2. The van der Waals surface area contributed by atoms with Gasteiger partial charge in [0.05, 0.1) is 13.2 Å². The zero-order valence-corrected chi connectivity index (χ0v) is 8.21. The van der Waals surface area contributed by atoms with Gasteiger partial charge in [-0.15, -0.1) is 0 Å². The first-order chi connectivity index (χ1) is 5.99. The normalized spacial score (nSPS) is 14.5. The molecule has 0 saturated heterocycles. The van der Waals surface area contributed by atoms with E-state index < -0.39 is 18.8 Å². The van der Waals surface area contributed by atoms with E-state index in [4.69, 9.17) is 5.11 Å². The molecule has 0 fully saturated rings. The number of nitrogens with one attached hydrogen (secondary N) is 1. The van der Waals surface area contributed by atoms with Crippen LogP contribution in [0.1, 0.15) is 6.42 Å². The summed E-state index contributed by atoms with van der Waals surface area (Å²) in [7, 11) is 0. The summed E-state index contributed by atoms with van der Waals surface area (Å²) in [4.78, 5) is 0. The van der Waals surface area contributed by atoms with Crippen LogP contribution in [-0.2, 0) is 0 Å². The third-order valence-electron chi connectivity index (χ3n) is 1.48. The van der Waals surface area contributed by atoms with Gasteiger partial charge in [0.2, 0.25) is 0 Å². The van der Waals surface area contributed by atoms with Crippen LogP contribution < -0.4 is 5.32 Å². The molecule has 1 unspecified atom stereocenters. The lowest BCUT2D eigenvalue weighted by Crippen LogP contribution is -2.39. The van der Waals surface area contributed by atoms with Crippen molar-refractivity contribution in [2.45, 2.75) is 18.6 Å². The minimum atomic E-state index is -4.20. The van der Waals surface area contributed by atoms with E-state index in [0.29, 0.717) is 6.42 Å². The second-order valence-corrected chi connectivity index (χ2v) is 3.64. The van der Waals surface area contributed by atoms with Crippen LogP contribution in [0.15, 0.2) is 0 Å². The number of thioether (sulfide) groups is 1. The second-order valence-electron chi connectivity index (χ2n) is 2.66. The summed E-state index contributed by atoms with van der Waals surface area (Å²) in [5.41, 5.74) is 0.